The van der Waals surface area contributed by atoms with Crippen molar-refractivity contribution in [2.75, 3.05) is 11.9 Å². The van der Waals surface area contributed by atoms with E-state index in [0.717, 1.165) is 29.8 Å². The first-order valence-electron chi connectivity index (χ1n) is 6.87. The zero-order valence-electron chi connectivity index (χ0n) is 11.4. The number of amides is 1. The van der Waals surface area contributed by atoms with Crippen LogP contribution in [0.15, 0.2) is 48.8 Å². The highest BCUT2D eigenvalue weighted by molar-refractivity contribution is 6.01. The predicted molar refractivity (Wildman–Crippen MR) is 78.4 cm³/mol. The number of carbonyl (C=O) groups excluding carboxylic acids is 1. The summed E-state index contributed by atoms with van der Waals surface area (Å²) in [5, 5.41) is 3.44. The molecule has 2 aromatic rings. The van der Waals surface area contributed by atoms with Crippen LogP contribution in [0.3, 0.4) is 0 Å². The topological polar surface area (TPSA) is 45.2 Å². The van der Waals surface area contributed by atoms with E-state index in [1.807, 2.05) is 47.5 Å². The second-order valence-corrected chi connectivity index (χ2v) is 4.88. The standard InChI is InChI=1S/C16H17N3O/c1-2-10-19-15(12-6-5-9-17-11-12)18-14-8-4-3-7-13(14)16(19)20/h3-9,11,15,18H,2,10H2,1H3/t15-/m1/s1. The number of nitrogens with zero attached hydrogens (tertiary/aromatic N) is 2. The third-order valence-electron chi connectivity index (χ3n) is 3.49. The molecule has 1 aliphatic rings. The number of fused-ring (bicyclic) bond motifs is 1. The summed E-state index contributed by atoms with van der Waals surface area (Å²) in [5.74, 6) is 0.0788. The van der Waals surface area contributed by atoms with Gasteiger partial charge in [-0.05, 0) is 24.6 Å². The zero-order chi connectivity index (χ0) is 13.9. The molecule has 1 atom stereocenters. The van der Waals surface area contributed by atoms with Crippen molar-refractivity contribution in [1.82, 2.24) is 9.88 Å². The summed E-state index contributed by atoms with van der Waals surface area (Å²) in [6.07, 6.45) is 4.33. The lowest BCUT2D eigenvalue weighted by Crippen LogP contribution is -2.43. The van der Waals surface area contributed by atoms with Gasteiger partial charge in [0.05, 0.1) is 5.56 Å². The maximum Gasteiger partial charge on any atom is 0.257 e. The number of aromatic nitrogens is 1. The summed E-state index contributed by atoms with van der Waals surface area (Å²) in [6.45, 7) is 2.80. The summed E-state index contributed by atoms with van der Waals surface area (Å²) in [4.78, 5) is 18.7. The molecule has 0 saturated heterocycles. The molecule has 0 spiro atoms. The van der Waals surface area contributed by atoms with Crippen molar-refractivity contribution < 1.29 is 4.79 Å². The van der Waals surface area contributed by atoms with Gasteiger partial charge in [0.2, 0.25) is 0 Å². The summed E-state index contributed by atoms with van der Waals surface area (Å²) in [6, 6.07) is 11.5. The smallest absolute Gasteiger partial charge is 0.257 e. The Bertz CT molecular complexity index is 612. The fourth-order valence-corrected chi connectivity index (χ4v) is 2.57. The Kier molecular flexibility index (Phi) is 3.37. The third kappa shape index (κ3) is 2.13. The lowest BCUT2D eigenvalue weighted by atomic mass is 10.0. The Labute approximate surface area is 118 Å². The number of nitrogens with one attached hydrogen (secondary N) is 1. The number of rotatable bonds is 3. The van der Waals surface area contributed by atoms with Gasteiger partial charge in [0.15, 0.2) is 0 Å². The Hall–Kier alpha value is -2.36. The highest BCUT2D eigenvalue weighted by Gasteiger charge is 2.31. The van der Waals surface area contributed by atoms with Gasteiger partial charge in [0.1, 0.15) is 6.17 Å². The number of hydrogen-bond acceptors (Lipinski definition) is 3. The van der Waals surface area contributed by atoms with Gasteiger partial charge in [-0.3, -0.25) is 9.78 Å². The van der Waals surface area contributed by atoms with Crippen molar-refractivity contribution in [3.05, 3.63) is 59.9 Å². The van der Waals surface area contributed by atoms with Crippen LogP contribution in [0.2, 0.25) is 0 Å². The minimum atomic E-state index is -0.147. The van der Waals surface area contributed by atoms with Crippen molar-refractivity contribution >= 4 is 11.6 Å². The minimum absolute atomic E-state index is 0.0788. The van der Waals surface area contributed by atoms with Gasteiger partial charge in [-0.25, -0.2) is 0 Å². The second-order valence-electron chi connectivity index (χ2n) is 4.88. The largest absolute Gasteiger partial charge is 0.361 e. The number of para-hydroxylation sites is 1. The summed E-state index contributed by atoms with van der Waals surface area (Å²) < 4.78 is 0. The van der Waals surface area contributed by atoms with Crippen LogP contribution >= 0.6 is 0 Å². The van der Waals surface area contributed by atoms with Gasteiger partial charge in [-0.15, -0.1) is 0 Å². The van der Waals surface area contributed by atoms with Gasteiger partial charge in [0.25, 0.3) is 5.91 Å². The van der Waals surface area contributed by atoms with Crippen molar-refractivity contribution in [3.8, 4) is 0 Å². The molecule has 1 aromatic carbocycles. The van der Waals surface area contributed by atoms with E-state index in [1.165, 1.54) is 0 Å². The molecule has 2 heterocycles. The molecule has 102 valence electrons. The Morgan fingerprint density at radius 1 is 1.25 bits per heavy atom. The highest BCUT2D eigenvalue weighted by Crippen LogP contribution is 2.32. The maximum absolute atomic E-state index is 12.7. The van der Waals surface area contributed by atoms with Crippen LogP contribution in [-0.4, -0.2) is 22.3 Å². The molecule has 0 bridgehead atoms. The van der Waals surface area contributed by atoms with E-state index in [-0.39, 0.29) is 12.1 Å². The van der Waals surface area contributed by atoms with Crippen molar-refractivity contribution in [2.24, 2.45) is 0 Å². The van der Waals surface area contributed by atoms with Gasteiger partial charge in [0, 0.05) is 30.2 Å². The zero-order valence-corrected chi connectivity index (χ0v) is 11.4. The second kappa shape index (κ2) is 5.33. The SMILES string of the molecule is CCCN1C(=O)c2ccccc2N[C@H]1c1cccnc1. The molecule has 1 N–H and O–H groups in total. The molecule has 0 aliphatic carbocycles. The number of benzene rings is 1. The van der Waals surface area contributed by atoms with Crippen LogP contribution in [0, 0.1) is 0 Å². The molecular formula is C16H17N3O. The van der Waals surface area contributed by atoms with Gasteiger partial charge >= 0.3 is 0 Å². The fraction of sp³-hybridized carbons (Fsp3) is 0.250. The van der Waals surface area contributed by atoms with Crippen molar-refractivity contribution in [1.29, 1.82) is 0 Å². The van der Waals surface area contributed by atoms with E-state index in [2.05, 4.69) is 17.2 Å². The predicted octanol–water partition coefficient (Wildman–Crippen LogP) is 3.06. The van der Waals surface area contributed by atoms with E-state index >= 15 is 0 Å². The lowest BCUT2D eigenvalue weighted by molar-refractivity contribution is 0.0683. The van der Waals surface area contributed by atoms with E-state index in [9.17, 15) is 4.79 Å². The first kappa shape index (κ1) is 12.7. The van der Waals surface area contributed by atoms with Crippen LogP contribution < -0.4 is 5.32 Å². The molecule has 0 saturated carbocycles. The molecule has 20 heavy (non-hydrogen) atoms. The van der Waals surface area contributed by atoms with E-state index in [0.29, 0.717) is 0 Å². The number of hydrogen-bond donors (Lipinski definition) is 1. The van der Waals surface area contributed by atoms with Crippen LogP contribution in [0.25, 0.3) is 0 Å². The molecule has 0 fully saturated rings. The Balaban J connectivity index is 2.03. The van der Waals surface area contributed by atoms with E-state index in [1.54, 1.807) is 6.20 Å². The third-order valence-corrected chi connectivity index (χ3v) is 3.49. The average molecular weight is 267 g/mol. The maximum atomic E-state index is 12.7. The van der Waals surface area contributed by atoms with Crippen molar-refractivity contribution in [2.45, 2.75) is 19.5 Å². The van der Waals surface area contributed by atoms with Crippen molar-refractivity contribution in [3.63, 3.8) is 0 Å². The molecular weight excluding hydrogens is 250 g/mol. The minimum Gasteiger partial charge on any atom is -0.361 e. The van der Waals surface area contributed by atoms with Crippen LogP contribution in [0.4, 0.5) is 5.69 Å². The van der Waals surface area contributed by atoms with E-state index in [4.69, 9.17) is 0 Å². The molecule has 4 heteroatoms. The van der Waals surface area contributed by atoms with Crippen LogP contribution in [0.1, 0.15) is 35.4 Å². The number of pyridine rings is 1. The molecule has 1 amide bonds. The van der Waals surface area contributed by atoms with Crippen LogP contribution in [-0.2, 0) is 0 Å². The quantitative estimate of drug-likeness (QED) is 0.929. The molecule has 3 rings (SSSR count). The summed E-state index contributed by atoms with van der Waals surface area (Å²) in [5.41, 5.74) is 2.63. The van der Waals surface area contributed by atoms with Crippen LogP contribution in [0.5, 0.6) is 0 Å². The number of carbonyl (C=O) groups is 1. The molecule has 0 unspecified atom stereocenters. The first-order valence-corrected chi connectivity index (χ1v) is 6.87. The van der Waals surface area contributed by atoms with E-state index < -0.39 is 0 Å². The molecule has 0 radical (unpaired) electrons. The summed E-state index contributed by atoms with van der Waals surface area (Å²) >= 11 is 0. The molecule has 1 aromatic heterocycles. The Morgan fingerprint density at radius 3 is 2.85 bits per heavy atom. The summed E-state index contributed by atoms with van der Waals surface area (Å²) in [7, 11) is 0. The monoisotopic (exact) mass is 267 g/mol. The fourth-order valence-electron chi connectivity index (χ4n) is 2.57. The average Bonchev–Trinajstić information content (AvgIpc) is 2.51. The van der Waals surface area contributed by atoms with Gasteiger partial charge < -0.3 is 10.2 Å². The normalized spacial score (nSPS) is 17.6. The Morgan fingerprint density at radius 2 is 2.10 bits per heavy atom. The first-order chi connectivity index (χ1) is 9.81. The number of anilines is 1. The lowest BCUT2D eigenvalue weighted by Gasteiger charge is -2.37. The van der Waals surface area contributed by atoms with Gasteiger partial charge in [-0.1, -0.05) is 25.1 Å². The molecule has 4 nitrogen and oxygen atoms in total. The highest BCUT2D eigenvalue weighted by atomic mass is 16.2. The van der Waals surface area contributed by atoms with Gasteiger partial charge in [-0.2, -0.15) is 0 Å². The molecule has 1 aliphatic heterocycles.